The quantitative estimate of drug-likeness (QED) is 0.837. The summed E-state index contributed by atoms with van der Waals surface area (Å²) in [6.45, 7) is 1.37. The number of carbonyl (C=O) groups is 1. The summed E-state index contributed by atoms with van der Waals surface area (Å²) >= 11 is 0. The fraction of sp³-hybridized carbons (Fsp3) is 0.385. The third-order valence-corrected chi connectivity index (χ3v) is 3.10. The third-order valence-electron chi connectivity index (χ3n) is 3.10. The summed E-state index contributed by atoms with van der Waals surface area (Å²) in [5, 5.41) is 12.2. The van der Waals surface area contributed by atoms with Crippen LogP contribution in [0.2, 0.25) is 0 Å². The van der Waals surface area contributed by atoms with E-state index in [4.69, 9.17) is 5.26 Å². The summed E-state index contributed by atoms with van der Waals surface area (Å²) in [6.07, 6.45) is 0.837. The number of rotatable bonds is 3. The lowest BCUT2D eigenvalue weighted by Gasteiger charge is -2.12. The van der Waals surface area contributed by atoms with E-state index in [2.05, 4.69) is 11.4 Å². The minimum absolute atomic E-state index is 0.105. The maximum Gasteiger partial charge on any atom is 0.239 e. The van der Waals surface area contributed by atoms with Gasteiger partial charge in [0, 0.05) is 20.1 Å². The molecule has 0 saturated carbocycles. The van der Waals surface area contributed by atoms with Crippen LogP contribution in [0.15, 0.2) is 24.3 Å². The van der Waals surface area contributed by atoms with E-state index in [1.54, 1.807) is 11.0 Å². The Morgan fingerprint density at radius 1 is 1.53 bits per heavy atom. The zero-order valence-corrected chi connectivity index (χ0v) is 9.81. The van der Waals surface area contributed by atoms with Crippen LogP contribution in [0.4, 0.5) is 0 Å². The lowest BCUT2D eigenvalue weighted by Crippen LogP contribution is -2.36. The molecule has 1 heterocycles. The van der Waals surface area contributed by atoms with Crippen molar-refractivity contribution in [3.8, 4) is 6.07 Å². The van der Waals surface area contributed by atoms with Crippen molar-refractivity contribution in [3.63, 3.8) is 0 Å². The van der Waals surface area contributed by atoms with Crippen molar-refractivity contribution in [2.24, 2.45) is 0 Å². The molecule has 1 saturated heterocycles. The van der Waals surface area contributed by atoms with Gasteiger partial charge in [-0.25, -0.2) is 0 Å². The number of amides is 1. The Bertz CT molecular complexity index is 464. The van der Waals surface area contributed by atoms with Gasteiger partial charge in [0.25, 0.3) is 0 Å². The van der Waals surface area contributed by atoms with Crippen molar-refractivity contribution in [2.45, 2.75) is 19.0 Å². The second-order valence-electron chi connectivity index (χ2n) is 4.25. The number of nitrogens with one attached hydrogen (secondary N) is 1. The summed E-state index contributed by atoms with van der Waals surface area (Å²) < 4.78 is 0. The number of hydrogen-bond donors (Lipinski definition) is 1. The molecule has 1 aromatic carbocycles. The highest BCUT2D eigenvalue weighted by Gasteiger charge is 2.28. The molecule has 17 heavy (non-hydrogen) atoms. The number of benzene rings is 1. The highest BCUT2D eigenvalue weighted by atomic mass is 16.2. The molecule has 1 fully saturated rings. The number of carbonyl (C=O) groups excluding carboxylic acids is 1. The minimum atomic E-state index is -0.105. The Kier molecular flexibility index (Phi) is 3.40. The Morgan fingerprint density at radius 3 is 2.94 bits per heavy atom. The summed E-state index contributed by atoms with van der Waals surface area (Å²) in [7, 11) is 1.81. The zero-order chi connectivity index (χ0) is 12.3. The molecule has 0 aromatic heterocycles. The largest absolute Gasteiger partial charge is 0.344 e. The second-order valence-corrected chi connectivity index (χ2v) is 4.25. The predicted octanol–water partition coefficient (Wildman–Crippen LogP) is 0.879. The van der Waals surface area contributed by atoms with Gasteiger partial charge in [0.1, 0.15) is 0 Å². The monoisotopic (exact) mass is 229 g/mol. The minimum Gasteiger partial charge on any atom is -0.344 e. The fourth-order valence-corrected chi connectivity index (χ4v) is 2.03. The molecule has 1 N–H and O–H groups in total. The number of nitriles is 1. The lowest BCUT2D eigenvalue weighted by molar-refractivity contribution is -0.128. The molecule has 0 spiro atoms. The van der Waals surface area contributed by atoms with E-state index >= 15 is 0 Å². The van der Waals surface area contributed by atoms with E-state index in [-0.39, 0.29) is 11.9 Å². The number of likely N-dealkylation sites (tertiary alicyclic amines) is 1. The molecule has 1 atom stereocenters. The van der Waals surface area contributed by atoms with Crippen LogP contribution in [0.25, 0.3) is 0 Å². The van der Waals surface area contributed by atoms with Gasteiger partial charge in [0.2, 0.25) is 5.91 Å². The zero-order valence-electron chi connectivity index (χ0n) is 9.81. The maximum absolute atomic E-state index is 11.7. The molecule has 1 aliphatic heterocycles. The van der Waals surface area contributed by atoms with Crippen molar-refractivity contribution in [1.82, 2.24) is 10.2 Å². The first-order chi connectivity index (χ1) is 8.22. The Morgan fingerprint density at radius 2 is 2.29 bits per heavy atom. The molecule has 0 radical (unpaired) electrons. The molecule has 0 bridgehead atoms. The standard InChI is InChI=1S/C13H15N3O/c1-16-7-6-12(13(16)17)15-9-11-5-3-2-4-10(11)8-14/h2-5,12,15H,6-7,9H2,1H3. The van der Waals surface area contributed by atoms with Crippen molar-refractivity contribution < 1.29 is 4.79 Å². The van der Waals surface area contributed by atoms with E-state index in [0.29, 0.717) is 12.1 Å². The lowest BCUT2D eigenvalue weighted by atomic mass is 10.1. The summed E-state index contributed by atoms with van der Waals surface area (Å²) in [4.78, 5) is 13.4. The van der Waals surface area contributed by atoms with Crippen LogP contribution in [0, 0.1) is 11.3 Å². The topological polar surface area (TPSA) is 56.1 Å². The van der Waals surface area contributed by atoms with Crippen LogP contribution >= 0.6 is 0 Å². The van der Waals surface area contributed by atoms with Crippen LogP contribution in [0.5, 0.6) is 0 Å². The van der Waals surface area contributed by atoms with Gasteiger partial charge in [-0.15, -0.1) is 0 Å². The normalized spacial score (nSPS) is 19.4. The van der Waals surface area contributed by atoms with Gasteiger partial charge in [-0.05, 0) is 18.1 Å². The second kappa shape index (κ2) is 4.98. The van der Waals surface area contributed by atoms with Gasteiger partial charge in [0.15, 0.2) is 0 Å². The SMILES string of the molecule is CN1CCC(NCc2ccccc2C#N)C1=O. The number of nitrogens with zero attached hydrogens (tertiary/aromatic N) is 2. The Balaban J connectivity index is 1.99. The molecule has 1 amide bonds. The molecule has 1 unspecified atom stereocenters. The Hall–Kier alpha value is -1.86. The van der Waals surface area contributed by atoms with Gasteiger partial charge in [0.05, 0.1) is 17.7 Å². The van der Waals surface area contributed by atoms with Gasteiger partial charge in [-0.2, -0.15) is 5.26 Å². The van der Waals surface area contributed by atoms with E-state index < -0.39 is 0 Å². The predicted molar refractivity (Wildman–Crippen MR) is 64.0 cm³/mol. The fourth-order valence-electron chi connectivity index (χ4n) is 2.03. The Labute approximate surface area is 101 Å². The highest BCUT2D eigenvalue weighted by Crippen LogP contribution is 2.11. The highest BCUT2D eigenvalue weighted by molar-refractivity contribution is 5.83. The van der Waals surface area contributed by atoms with Crippen LogP contribution in [-0.4, -0.2) is 30.4 Å². The summed E-state index contributed by atoms with van der Waals surface area (Å²) in [5.74, 6) is 0.138. The first kappa shape index (κ1) is 11.6. The van der Waals surface area contributed by atoms with Crippen molar-refractivity contribution in [1.29, 1.82) is 5.26 Å². The molecule has 4 nitrogen and oxygen atoms in total. The average molecular weight is 229 g/mol. The van der Waals surface area contributed by atoms with Crippen LogP contribution in [-0.2, 0) is 11.3 Å². The van der Waals surface area contributed by atoms with Crippen LogP contribution in [0.3, 0.4) is 0 Å². The molecule has 4 heteroatoms. The molecular formula is C13H15N3O. The maximum atomic E-state index is 11.7. The van der Waals surface area contributed by atoms with Crippen molar-refractivity contribution >= 4 is 5.91 Å². The summed E-state index contributed by atoms with van der Waals surface area (Å²) in [6, 6.07) is 9.50. The molecule has 2 rings (SSSR count). The van der Waals surface area contributed by atoms with Gasteiger partial charge < -0.3 is 10.2 Å². The first-order valence-corrected chi connectivity index (χ1v) is 5.68. The number of likely N-dealkylation sites (N-methyl/N-ethyl adjacent to an activating group) is 1. The van der Waals surface area contributed by atoms with Crippen LogP contribution in [0.1, 0.15) is 17.5 Å². The molecule has 88 valence electrons. The molecule has 1 aliphatic rings. The van der Waals surface area contributed by atoms with E-state index in [9.17, 15) is 4.79 Å². The van der Waals surface area contributed by atoms with E-state index in [1.807, 2.05) is 25.2 Å². The van der Waals surface area contributed by atoms with Gasteiger partial charge in [-0.3, -0.25) is 4.79 Å². The third kappa shape index (κ3) is 2.45. The van der Waals surface area contributed by atoms with E-state index in [0.717, 1.165) is 18.5 Å². The molecule has 1 aromatic rings. The van der Waals surface area contributed by atoms with Crippen molar-refractivity contribution in [3.05, 3.63) is 35.4 Å². The van der Waals surface area contributed by atoms with E-state index in [1.165, 1.54) is 0 Å². The van der Waals surface area contributed by atoms with Gasteiger partial charge >= 0.3 is 0 Å². The average Bonchev–Trinajstić information content (AvgIpc) is 2.68. The molecular weight excluding hydrogens is 214 g/mol. The smallest absolute Gasteiger partial charge is 0.239 e. The number of hydrogen-bond acceptors (Lipinski definition) is 3. The van der Waals surface area contributed by atoms with Crippen LogP contribution < -0.4 is 5.32 Å². The van der Waals surface area contributed by atoms with Gasteiger partial charge in [-0.1, -0.05) is 18.2 Å². The summed E-state index contributed by atoms with van der Waals surface area (Å²) in [5.41, 5.74) is 1.61. The first-order valence-electron chi connectivity index (χ1n) is 5.68. The molecule has 0 aliphatic carbocycles. The van der Waals surface area contributed by atoms with Crippen molar-refractivity contribution in [2.75, 3.05) is 13.6 Å².